The van der Waals surface area contributed by atoms with Crippen molar-refractivity contribution in [1.29, 1.82) is 0 Å². The molecule has 0 saturated heterocycles. The van der Waals surface area contributed by atoms with Crippen LogP contribution in [-0.2, 0) is 4.74 Å². The van der Waals surface area contributed by atoms with Crippen LogP contribution in [0.3, 0.4) is 0 Å². The first-order chi connectivity index (χ1) is 10.6. The number of rotatable bonds is 7. The topological polar surface area (TPSA) is 65.6 Å². The predicted octanol–water partition coefficient (Wildman–Crippen LogP) is 1.29. The van der Waals surface area contributed by atoms with Crippen LogP contribution in [0, 0.1) is 0 Å². The van der Waals surface area contributed by atoms with Crippen LogP contribution in [-0.4, -0.2) is 44.4 Å². The van der Waals surface area contributed by atoms with Gasteiger partial charge in [0, 0.05) is 38.0 Å². The molecule has 0 aliphatic heterocycles. The van der Waals surface area contributed by atoms with E-state index in [0.29, 0.717) is 23.8 Å². The lowest BCUT2D eigenvalue weighted by atomic mass is 10.2. The summed E-state index contributed by atoms with van der Waals surface area (Å²) in [5, 5.41) is 3.26. The summed E-state index contributed by atoms with van der Waals surface area (Å²) in [5.41, 5.74) is 6.88. The molecule has 0 heterocycles. The van der Waals surface area contributed by atoms with Gasteiger partial charge in [-0.25, -0.2) is 0 Å². The number of hydrogen-bond acceptors (Lipinski definition) is 4. The second-order valence-corrected chi connectivity index (χ2v) is 4.96. The molecule has 0 fully saturated rings. The Balaban J connectivity index is 2.47. The number of nitrogens with one attached hydrogen (secondary N) is 3. The third-order valence-corrected chi connectivity index (χ3v) is 3.39. The van der Waals surface area contributed by atoms with E-state index in [1.807, 2.05) is 12.1 Å². The SMILES string of the molecule is CCN(CC)c1ccc(C(=O)NNC(=S)NCCOC)cc1. The minimum Gasteiger partial charge on any atom is -0.383 e. The number of nitrogens with zero attached hydrogens (tertiary/aromatic N) is 1. The van der Waals surface area contributed by atoms with Gasteiger partial charge in [-0.2, -0.15) is 0 Å². The standard InChI is InChI=1S/C15H24N4O2S/c1-4-19(5-2)13-8-6-12(7-9-13)14(20)17-18-15(22)16-10-11-21-3/h6-9H,4-5,10-11H2,1-3H3,(H,17,20)(H2,16,18,22). The fraction of sp³-hybridized carbons (Fsp3) is 0.467. The summed E-state index contributed by atoms with van der Waals surface area (Å²) in [5.74, 6) is -0.234. The minimum atomic E-state index is -0.234. The molecule has 0 spiro atoms. The van der Waals surface area contributed by atoms with E-state index in [4.69, 9.17) is 17.0 Å². The Labute approximate surface area is 137 Å². The molecule has 6 nitrogen and oxygen atoms in total. The molecule has 1 rings (SSSR count). The zero-order valence-corrected chi connectivity index (χ0v) is 14.1. The van der Waals surface area contributed by atoms with Crippen molar-refractivity contribution in [3.05, 3.63) is 29.8 Å². The summed E-state index contributed by atoms with van der Waals surface area (Å²) >= 11 is 5.02. The molecule has 1 aromatic carbocycles. The molecule has 0 aromatic heterocycles. The van der Waals surface area contributed by atoms with Gasteiger partial charge in [-0.3, -0.25) is 15.6 Å². The average molecular weight is 324 g/mol. The molecule has 0 saturated carbocycles. The van der Waals surface area contributed by atoms with E-state index in [1.165, 1.54) is 0 Å². The van der Waals surface area contributed by atoms with Gasteiger partial charge in [0.05, 0.1) is 6.61 Å². The van der Waals surface area contributed by atoms with Crippen molar-refractivity contribution in [2.75, 3.05) is 38.3 Å². The fourth-order valence-electron chi connectivity index (χ4n) is 1.91. The smallest absolute Gasteiger partial charge is 0.269 e. The van der Waals surface area contributed by atoms with Gasteiger partial charge in [-0.05, 0) is 50.3 Å². The van der Waals surface area contributed by atoms with Crippen molar-refractivity contribution in [1.82, 2.24) is 16.2 Å². The number of hydrogen-bond donors (Lipinski definition) is 3. The van der Waals surface area contributed by atoms with Gasteiger partial charge in [-0.15, -0.1) is 0 Å². The van der Waals surface area contributed by atoms with E-state index in [1.54, 1.807) is 19.2 Å². The summed E-state index contributed by atoms with van der Waals surface area (Å²) in [6.45, 7) is 7.20. The average Bonchev–Trinajstić information content (AvgIpc) is 2.54. The first-order valence-corrected chi connectivity index (χ1v) is 7.71. The Hall–Kier alpha value is -1.86. The monoisotopic (exact) mass is 324 g/mol. The minimum absolute atomic E-state index is 0.234. The van der Waals surface area contributed by atoms with Gasteiger partial charge in [-0.1, -0.05) is 0 Å². The lowest BCUT2D eigenvalue weighted by Gasteiger charge is -2.21. The van der Waals surface area contributed by atoms with Crippen LogP contribution >= 0.6 is 12.2 Å². The Morgan fingerprint density at radius 1 is 1.18 bits per heavy atom. The number of amides is 1. The Morgan fingerprint density at radius 3 is 2.36 bits per heavy atom. The van der Waals surface area contributed by atoms with E-state index in [-0.39, 0.29) is 5.91 Å². The molecule has 7 heteroatoms. The second kappa shape index (κ2) is 9.97. The van der Waals surface area contributed by atoms with Crippen molar-refractivity contribution in [2.24, 2.45) is 0 Å². The molecule has 3 N–H and O–H groups in total. The molecule has 0 aliphatic carbocycles. The van der Waals surface area contributed by atoms with E-state index in [0.717, 1.165) is 18.8 Å². The van der Waals surface area contributed by atoms with Gasteiger partial charge in [0.1, 0.15) is 0 Å². The maximum atomic E-state index is 12.0. The molecule has 1 aromatic rings. The second-order valence-electron chi connectivity index (χ2n) is 4.55. The van der Waals surface area contributed by atoms with E-state index >= 15 is 0 Å². The van der Waals surface area contributed by atoms with Crippen molar-refractivity contribution in [3.8, 4) is 0 Å². The number of carbonyl (C=O) groups excluding carboxylic acids is 1. The molecule has 0 atom stereocenters. The Morgan fingerprint density at radius 2 is 1.82 bits per heavy atom. The maximum absolute atomic E-state index is 12.0. The summed E-state index contributed by atoms with van der Waals surface area (Å²) < 4.78 is 4.89. The van der Waals surface area contributed by atoms with Crippen molar-refractivity contribution in [3.63, 3.8) is 0 Å². The first-order valence-electron chi connectivity index (χ1n) is 7.30. The molecule has 0 unspecified atom stereocenters. The number of thiocarbonyl (C=S) groups is 1. The highest BCUT2D eigenvalue weighted by Crippen LogP contribution is 2.14. The highest BCUT2D eigenvalue weighted by Gasteiger charge is 2.07. The van der Waals surface area contributed by atoms with Gasteiger partial charge in [0.25, 0.3) is 5.91 Å². The zero-order chi connectivity index (χ0) is 16.4. The van der Waals surface area contributed by atoms with Gasteiger partial charge in [0.2, 0.25) is 0 Å². The Kier molecular flexibility index (Phi) is 8.24. The molecule has 22 heavy (non-hydrogen) atoms. The number of ether oxygens (including phenoxy) is 1. The summed E-state index contributed by atoms with van der Waals surface area (Å²) in [7, 11) is 1.61. The first kappa shape index (κ1) is 18.2. The molecular weight excluding hydrogens is 300 g/mol. The fourth-order valence-corrected chi connectivity index (χ4v) is 2.06. The largest absolute Gasteiger partial charge is 0.383 e. The molecule has 0 bridgehead atoms. The van der Waals surface area contributed by atoms with Crippen LogP contribution in [0.2, 0.25) is 0 Å². The van der Waals surface area contributed by atoms with E-state index in [2.05, 4.69) is 34.9 Å². The van der Waals surface area contributed by atoms with E-state index in [9.17, 15) is 4.79 Å². The van der Waals surface area contributed by atoms with Crippen LogP contribution in [0.25, 0.3) is 0 Å². The van der Waals surface area contributed by atoms with Crippen molar-refractivity contribution >= 4 is 28.9 Å². The normalized spacial score (nSPS) is 9.95. The van der Waals surface area contributed by atoms with Gasteiger partial charge >= 0.3 is 0 Å². The summed E-state index contributed by atoms with van der Waals surface area (Å²) in [6.07, 6.45) is 0. The van der Waals surface area contributed by atoms with Gasteiger partial charge in [0.15, 0.2) is 5.11 Å². The number of benzene rings is 1. The third-order valence-electron chi connectivity index (χ3n) is 3.14. The molecule has 122 valence electrons. The van der Waals surface area contributed by atoms with Gasteiger partial charge < -0.3 is 15.0 Å². The third kappa shape index (κ3) is 5.87. The van der Waals surface area contributed by atoms with Crippen molar-refractivity contribution < 1.29 is 9.53 Å². The highest BCUT2D eigenvalue weighted by molar-refractivity contribution is 7.80. The van der Waals surface area contributed by atoms with Crippen LogP contribution in [0.15, 0.2) is 24.3 Å². The Bertz CT molecular complexity index is 475. The number of anilines is 1. The van der Waals surface area contributed by atoms with Crippen LogP contribution in [0.1, 0.15) is 24.2 Å². The zero-order valence-electron chi connectivity index (χ0n) is 13.3. The molecule has 0 radical (unpaired) electrons. The van der Waals surface area contributed by atoms with E-state index < -0.39 is 0 Å². The maximum Gasteiger partial charge on any atom is 0.269 e. The van der Waals surface area contributed by atoms with Crippen LogP contribution in [0.4, 0.5) is 5.69 Å². The summed E-state index contributed by atoms with van der Waals surface area (Å²) in [6, 6.07) is 7.48. The number of carbonyl (C=O) groups is 1. The quantitative estimate of drug-likeness (QED) is 0.399. The summed E-state index contributed by atoms with van der Waals surface area (Å²) in [4.78, 5) is 14.2. The number of methoxy groups -OCH3 is 1. The van der Waals surface area contributed by atoms with Crippen LogP contribution in [0.5, 0.6) is 0 Å². The molecular formula is C15H24N4O2S. The number of hydrazine groups is 1. The van der Waals surface area contributed by atoms with Crippen molar-refractivity contribution in [2.45, 2.75) is 13.8 Å². The molecule has 1 amide bonds. The predicted molar refractivity (Wildman–Crippen MR) is 93.1 cm³/mol. The lowest BCUT2D eigenvalue weighted by Crippen LogP contribution is -2.47. The van der Waals surface area contributed by atoms with Crippen LogP contribution < -0.4 is 21.1 Å². The highest BCUT2D eigenvalue weighted by atomic mass is 32.1. The lowest BCUT2D eigenvalue weighted by molar-refractivity contribution is 0.0943. The molecule has 0 aliphatic rings.